The first-order valence-corrected chi connectivity index (χ1v) is 11.1. The first-order valence-electron chi connectivity index (χ1n) is 9.96. The number of likely N-dealkylation sites (tertiary alicyclic amines) is 1. The van der Waals surface area contributed by atoms with Gasteiger partial charge < -0.3 is 20.1 Å². The standard InChI is InChI=1S/C21H32N2O4S/c1-16(2)11-18(14-28-15-20(24)25)22-12-19-9-6-10-23(19)21(26)27-13-17-7-4-3-5-8-17/h3-5,7-8,16,18-19,22H,6,9-15H2,1-2H3,(H,24,25). The van der Waals surface area contributed by atoms with Gasteiger partial charge >= 0.3 is 12.1 Å². The molecule has 1 amide bonds. The number of thioether (sulfide) groups is 1. The Bertz CT molecular complexity index is 612. The SMILES string of the molecule is CC(C)CC(CSCC(=O)O)NCC1CCCN1C(=O)OCc1ccccc1. The molecule has 0 aromatic heterocycles. The Morgan fingerprint density at radius 3 is 2.75 bits per heavy atom. The minimum Gasteiger partial charge on any atom is -0.481 e. The first-order chi connectivity index (χ1) is 13.5. The van der Waals surface area contributed by atoms with E-state index in [-0.39, 0.29) is 30.5 Å². The van der Waals surface area contributed by atoms with Crippen molar-refractivity contribution in [3.05, 3.63) is 35.9 Å². The number of carbonyl (C=O) groups is 2. The highest BCUT2D eigenvalue weighted by Gasteiger charge is 2.30. The van der Waals surface area contributed by atoms with Crippen molar-refractivity contribution in [3.63, 3.8) is 0 Å². The lowest BCUT2D eigenvalue weighted by Gasteiger charge is -2.27. The van der Waals surface area contributed by atoms with E-state index in [9.17, 15) is 9.59 Å². The van der Waals surface area contributed by atoms with E-state index in [1.165, 1.54) is 11.8 Å². The van der Waals surface area contributed by atoms with Crippen molar-refractivity contribution in [3.8, 4) is 0 Å². The van der Waals surface area contributed by atoms with Gasteiger partial charge in [-0.05, 0) is 30.7 Å². The number of carboxylic acids is 1. The average Bonchev–Trinajstić information content (AvgIpc) is 3.13. The van der Waals surface area contributed by atoms with Crippen molar-refractivity contribution in [1.82, 2.24) is 10.2 Å². The highest BCUT2D eigenvalue weighted by molar-refractivity contribution is 7.99. The number of amides is 1. The summed E-state index contributed by atoms with van der Waals surface area (Å²) in [5, 5.41) is 12.4. The predicted octanol–water partition coefficient (Wildman–Crippen LogP) is 3.61. The number of carboxylic acid groups (broad SMARTS) is 1. The molecule has 1 heterocycles. The highest BCUT2D eigenvalue weighted by Crippen LogP contribution is 2.19. The summed E-state index contributed by atoms with van der Waals surface area (Å²) in [6, 6.07) is 10.1. The average molecular weight is 409 g/mol. The van der Waals surface area contributed by atoms with E-state index >= 15 is 0 Å². The van der Waals surface area contributed by atoms with Crippen LogP contribution in [0.3, 0.4) is 0 Å². The number of aliphatic carboxylic acids is 1. The third-order valence-corrected chi connectivity index (χ3v) is 5.85. The van der Waals surface area contributed by atoms with Crippen LogP contribution in [0.5, 0.6) is 0 Å². The van der Waals surface area contributed by atoms with Gasteiger partial charge in [-0.25, -0.2) is 4.79 Å². The normalized spacial score (nSPS) is 17.7. The van der Waals surface area contributed by atoms with Crippen LogP contribution in [0, 0.1) is 5.92 Å². The molecule has 28 heavy (non-hydrogen) atoms. The van der Waals surface area contributed by atoms with Crippen LogP contribution in [0.25, 0.3) is 0 Å². The van der Waals surface area contributed by atoms with E-state index in [2.05, 4.69) is 19.2 Å². The molecule has 1 aromatic carbocycles. The van der Waals surface area contributed by atoms with Gasteiger partial charge in [0.05, 0.1) is 5.75 Å². The smallest absolute Gasteiger partial charge is 0.410 e. The number of nitrogens with zero attached hydrogens (tertiary/aromatic N) is 1. The molecule has 2 N–H and O–H groups in total. The van der Waals surface area contributed by atoms with Gasteiger partial charge in [-0.15, -0.1) is 11.8 Å². The zero-order valence-corrected chi connectivity index (χ0v) is 17.6. The second-order valence-corrected chi connectivity index (χ2v) is 8.70. The van der Waals surface area contributed by atoms with Crippen molar-refractivity contribution < 1.29 is 19.4 Å². The summed E-state index contributed by atoms with van der Waals surface area (Å²) in [5.74, 6) is 0.627. The van der Waals surface area contributed by atoms with E-state index in [0.717, 1.165) is 37.1 Å². The summed E-state index contributed by atoms with van der Waals surface area (Å²) in [6.45, 7) is 6.06. The fraction of sp³-hybridized carbons (Fsp3) is 0.619. The number of carbonyl (C=O) groups excluding carboxylic acids is 1. The minimum atomic E-state index is -0.781. The molecule has 6 nitrogen and oxygen atoms in total. The van der Waals surface area contributed by atoms with Gasteiger partial charge in [-0.1, -0.05) is 44.2 Å². The molecule has 7 heteroatoms. The van der Waals surface area contributed by atoms with Crippen LogP contribution in [-0.4, -0.2) is 58.7 Å². The summed E-state index contributed by atoms with van der Waals surface area (Å²) >= 11 is 1.44. The van der Waals surface area contributed by atoms with E-state index in [1.54, 1.807) is 0 Å². The maximum atomic E-state index is 12.5. The van der Waals surface area contributed by atoms with Crippen molar-refractivity contribution in [2.45, 2.75) is 51.8 Å². The number of rotatable bonds is 11. The quantitative estimate of drug-likeness (QED) is 0.582. The second-order valence-electron chi connectivity index (χ2n) is 7.67. The lowest BCUT2D eigenvalue weighted by Crippen LogP contribution is -2.45. The van der Waals surface area contributed by atoms with Gasteiger partial charge in [-0.2, -0.15) is 0 Å². The van der Waals surface area contributed by atoms with Gasteiger partial charge in [-0.3, -0.25) is 4.79 Å². The van der Waals surface area contributed by atoms with E-state index in [0.29, 0.717) is 12.5 Å². The Morgan fingerprint density at radius 1 is 1.32 bits per heavy atom. The fourth-order valence-electron chi connectivity index (χ4n) is 3.46. The summed E-state index contributed by atoms with van der Waals surface area (Å²) < 4.78 is 5.49. The third kappa shape index (κ3) is 8.10. The number of nitrogens with one attached hydrogen (secondary N) is 1. The van der Waals surface area contributed by atoms with Crippen LogP contribution >= 0.6 is 11.8 Å². The molecule has 0 radical (unpaired) electrons. The summed E-state index contributed by atoms with van der Waals surface area (Å²) in [5.41, 5.74) is 0.983. The highest BCUT2D eigenvalue weighted by atomic mass is 32.2. The minimum absolute atomic E-state index is 0.123. The van der Waals surface area contributed by atoms with Crippen LogP contribution < -0.4 is 5.32 Å². The first kappa shape index (κ1) is 22.6. The van der Waals surface area contributed by atoms with Crippen molar-refractivity contribution in [2.24, 2.45) is 5.92 Å². The second kappa shape index (κ2) is 12.0. The third-order valence-electron chi connectivity index (χ3n) is 4.76. The molecule has 0 saturated carbocycles. The molecule has 1 aliphatic rings. The predicted molar refractivity (Wildman–Crippen MR) is 113 cm³/mol. The van der Waals surface area contributed by atoms with Gasteiger partial charge in [0.1, 0.15) is 6.61 Å². The van der Waals surface area contributed by atoms with E-state index < -0.39 is 5.97 Å². The number of ether oxygens (including phenoxy) is 1. The summed E-state index contributed by atoms with van der Waals surface area (Å²) in [7, 11) is 0. The lowest BCUT2D eigenvalue weighted by molar-refractivity contribution is -0.133. The maximum Gasteiger partial charge on any atom is 0.410 e. The zero-order valence-electron chi connectivity index (χ0n) is 16.8. The Balaban J connectivity index is 1.81. The van der Waals surface area contributed by atoms with Crippen LogP contribution in [-0.2, 0) is 16.1 Å². The molecular formula is C21H32N2O4S. The topological polar surface area (TPSA) is 78.9 Å². The molecule has 1 fully saturated rings. The van der Waals surface area contributed by atoms with Gasteiger partial charge in [0.15, 0.2) is 0 Å². The van der Waals surface area contributed by atoms with Crippen LogP contribution in [0.15, 0.2) is 30.3 Å². The molecular weight excluding hydrogens is 376 g/mol. The Morgan fingerprint density at radius 2 is 2.07 bits per heavy atom. The number of hydrogen-bond acceptors (Lipinski definition) is 5. The molecule has 0 aliphatic carbocycles. The van der Waals surface area contributed by atoms with Crippen molar-refractivity contribution in [2.75, 3.05) is 24.6 Å². The van der Waals surface area contributed by atoms with E-state index in [1.807, 2.05) is 35.2 Å². The lowest BCUT2D eigenvalue weighted by atomic mass is 10.0. The van der Waals surface area contributed by atoms with Crippen molar-refractivity contribution >= 4 is 23.8 Å². The molecule has 1 saturated heterocycles. The molecule has 0 spiro atoms. The number of hydrogen-bond donors (Lipinski definition) is 2. The monoisotopic (exact) mass is 408 g/mol. The summed E-state index contributed by atoms with van der Waals surface area (Å²) in [4.78, 5) is 25.1. The van der Waals surface area contributed by atoms with Crippen LogP contribution in [0.2, 0.25) is 0 Å². The van der Waals surface area contributed by atoms with Crippen LogP contribution in [0.4, 0.5) is 4.79 Å². The molecule has 2 unspecified atom stereocenters. The Hall–Kier alpha value is -1.73. The number of benzene rings is 1. The van der Waals surface area contributed by atoms with Gasteiger partial charge in [0.2, 0.25) is 0 Å². The molecule has 2 atom stereocenters. The largest absolute Gasteiger partial charge is 0.481 e. The molecule has 1 aliphatic heterocycles. The Labute approximate surface area is 172 Å². The fourth-order valence-corrected chi connectivity index (χ4v) is 4.29. The molecule has 2 rings (SSSR count). The molecule has 156 valence electrons. The summed E-state index contributed by atoms with van der Waals surface area (Å²) in [6.07, 6.45) is 2.67. The van der Waals surface area contributed by atoms with Crippen LogP contribution in [0.1, 0.15) is 38.7 Å². The zero-order chi connectivity index (χ0) is 20.4. The van der Waals surface area contributed by atoms with E-state index in [4.69, 9.17) is 9.84 Å². The Kier molecular flexibility index (Phi) is 9.64. The molecule has 1 aromatic rings. The van der Waals surface area contributed by atoms with Gasteiger partial charge in [0, 0.05) is 30.9 Å². The van der Waals surface area contributed by atoms with Crippen molar-refractivity contribution in [1.29, 1.82) is 0 Å². The van der Waals surface area contributed by atoms with Gasteiger partial charge in [0.25, 0.3) is 0 Å². The molecule has 0 bridgehead atoms. The maximum absolute atomic E-state index is 12.5.